The molecule has 6 unspecified atom stereocenters. The third kappa shape index (κ3) is 5.16. The van der Waals surface area contributed by atoms with Gasteiger partial charge in [-0.25, -0.2) is 4.79 Å². The first-order valence-corrected chi connectivity index (χ1v) is 13.4. The number of carboxylic acid groups (broad SMARTS) is 2. The second-order valence-electron chi connectivity index (χ2n) is 11.2. The minimum Gasteiger partial charge on any atom is -0.481 e. The van der Waals surface area contributed by atoms with Crippen LogP contribution in [0.4, 0.5) is 5.69 Å². The predicted octanol–water partition coefficient (Wildman–Crippen LogP) is 2.25. The number of benzene rings is 1. The van der Waals surface area contributed by atoms with Crippen molar-refractivity contribution < 1.29 is 29.4 Å². The van der Waals surface area contributed by atoms with Gasteiger partial charge in [-0.3, -0.25) is 19.7 Å². The number of aliphatic carboxylic acids is 2. The Kier molecular flexibility index (Phi) is 7.11. The highest BCUT2D eigenvalue weighted by Crippen LogP contribution is 2.46. The van der Waals surface area contributed by atoms with E-state index in [0.29, 0.717) is 23.3 Å². The van der Waals surface area contributed by atoms with Gasteiger partial charge in [-0.05, 0) is 87.0 Å². The summed E-state index contributed by atoms with van der Waals surface area (Å²) in [6.07, 6.45) is 5.11. The normalized spacial score (nSPS) is 31.5. The molecule has 1 saturated heterocycles. The van der Waals surface area contributed by atoms with E-state index in [9.17, 15) is 24.3 Å². The molecule has 10 heteroatoms. The van der Waals surface area contributed by atoms with E-state index < -0.39 is 18.0 Å². The van der Waals surface area contributed by atoms with Gasteiger partial charge in [0, 0.05) is 36.8 Å². The Hall–Kier alpha value is -3.14. The molecule has 2 aliphatic heterocycles. The summed E-state index contributed by atoms with van der Waals surface area (Å²) >= 11 is 0. The van der Waals surface area contributed by atoms with Crippen LogP contribution < -0.4 is 16.0 Å². The molecule has 5 N–H and O–H groups in total. The Bertz CT molecular complexity index is 1090. The van der Waals surface area contributed by atoms with E-state index in [0.717, 1.165) is 43.5 Å². The predicted molar refractivity (Wildman–Crippen MR) is 135 cm³/mol. The first-order chi connectivity index (χ1) is 17.7. The number of nitrogens with one attached hydrogen (secondary N) is 3. The van der Waals surface area contributed by atoms with Crippen LogP contribution in [-0.4, -0.2) is 63.7 Å². The van der Waals surface area contributed by atoms with Crippen molar-refractivity contribution in [2.24, 2.45) is 23.7 Å². The van der Waals surface area contributed by atoms with Gasteiger partial charge in [-0.2, -0.15) is 0 Å². The summed E-state index contributed by atoms with van der Waals surface area (Å²) in [6.45, 7) is 2.92. The lowest BCUT2D eigenvalue weighted by Gasteiger charge is -2.50. The van der Waals surface area contributed by atoms with E-state index in [-0.39, 0.29) is 49.3 Å². The number of hydrogen-bond acceptors (Lipinski definition) is 6. The summed E-state index contributed by atoms with van der Waals surface area (Å²) in [5.74, 6) is -0.979. The van der Waals surface area contributed by atoms with Gasteiger partial charge in [-0.1, -0.05) is 0 Å². The second-order valence-corrected chi connectivity index (χ2v) is 11.2. The molecule has 0 bridgehead atoms. The highest BCUT2D eigenvalue weighted by molar-refractivity contribution is 6.00. The standard InChI is InChI=1S/C27H36N4O6/c1-14-29-21-7-4-16-3-2-15(10-20(16)24(21)25(34)30-14)12-28-18-5-6-19-17(11-18)13-31(26(19)35)22(27(36)37)8-9-23(32)33/h5-6,11,14-16,20-22,24,28-29H,2-4,7-10,12-13H2,1H3,(H,30,34)(H,32,33)(H,36,37)/t14?,15?,16?,20?,21?,22-,24?/m0/s1. The SMILES string of the molecule is CC1NC(=O)C2C(CCC3CCC(CNc4ccc5c(c4)CN([C@@H](CCC(=O)O)C(=O)O)C5=O)CC32)N1. The van der Waals surface area contributed by atoms with E-state index in [1.54, 1.807) is 6.07 Å². The van der Waals surface area contributed by atoms with Gasteiger partial charge in [0.05, 0.1) is 12.1 Å². The molecule has 1 aromatic rings. The van der Waals surface area contributed by atoms with Crippen LogP contribution in [-0.2, 0) is 20.9 Å². The number of amides is 2. The molecule has 7 atom stereocenters. The number of nitrogens with zero attached hydrogens (tertiary/aromatic N) is 1. The first kappa shape index (κ1) is 25.5. The summed E-state index contributed by atoms with van der Waals surface area (Å²) in [4.78, 5) is 49.6. The lowest BCUT2D eigenvalue weighted by atomic mass is 9.60. The quantitative estimate of drug-likeness (QED) is 0.356. The zero-order valence-corrected chi connectivity index (χ0v) is 21.1. The second kappa shape index (κ2) is 10.3. The molecular weight excluding hydrogens is 476 g/mol. The van der Waals surface area contributed by atoms with Gasteiger partial charge >= 0.3 is 11.9 Å². The molecule has 4 aliphatic rings. The van der Waals surface area contributed by atoms with Crippen LogP contribution in [0.15, 0.2) is 18.2 Å². The van der Waals surface area contributed by atoms with Gasteiger partial charge < -0.3 is 25.7 Å². The van der Waals surface area contributed by atoms with Crippen molar-refractivity contribution in [1.29, 1.82) is 0 Å². The Labute approximate surface area is 216 Å². The zero-order valence-electron chi connectivity index (χ0n) is 21.1. The van der Waals surface area contributed by atoms with Crippen molar-refractivity contribution in [3.8, 4) is 0 Å². The molecule has 37 heavy (non-hydrogen) atoms. The van der Waals surface area contributed by atoms with Crippen LogP contribution in [0.1, 0.15) is 67.8 Å². The molecule has 1 aromatic carbocycles. The van der Waals surface area contributed by atoms with Crippen LogP contribution in [0.2, 0.25) is 0 Å². The van der Waals surface area contributed by atoms with E-state index in [1.807, 2.05) is 19.1 Å². The van der Waals surface area contributed by atoms with Crippen LogP contribution in [0.5, 0.6) is 0 Å². The van der Waals surface area contributed by atoms with Crippen LogP contribution >= 0.6 is 0 Å². The fourth-order valence-corrected chi connectivity index (χ4v) is 7.09. The zero-order chi connectivity index (χ0) is 26.3. The molecule has 5 rings (SSSR count). The summed E-state index contributed by atoms with van der Waals surface area (Å²) in [5.41, 5.74) is 2.08. The third-order valence-corrected chi connectivity index (χ3v) is 8.85. The molecule has 3 fully saturated rings. The van der Waals surface area contributed by atoms with Crippen LogP contribution in [0.3, 0.4) is 0 Å². The van der Waals surface area contributed by atoms with Gasteiger partial charge in [0.15, 0.2) is 0 Å². The van der Waals surface area contributed by atoms with E-state index >= 15 is 0 Å². The van der Waals surface area contributed by atoms with Gasteiger partial charge in [0.2, 0.25) is 5.91 Å². The largest absolute Gasteiger partial charge is 0.481 e. The van der Waals surface area contributed by atoms with Crippen molar-refractivity contribution in [2.75, 3.05) is 11.9 Å². The minimum atomic E-state index is -1.20. The topological polar surface area (TPSA) is 148 Å². The summed E-state index contributed by atoms with van der Waals surface area (Å²) in [6, 6.07) is 4.55. The summed E-state index contributed by atoms with van der Waals surface area (Å²) in [7, 11) is 0. The molecule has 2 amide bonds. The number of hydrogen-bond donors (Lipinski definition) is 5. The van der Waals surface area contributed by atoms with Crippen molar-refractivity contribution in [3.05, 3.63) is 29.3 Å². The molecular formula is C27H36N4O6. The fraction of sp³-hybridized carbons (Fsp3) is 0.630. The Morgan fingerprint density at radius 3 is 2.70 bits per heavy atom. The number of carbonyl (C=O) groups excluding carboxylic acids is 2. The number of rotatable bonds is 8. The van der Waals surface area contributed by atoms with Gasteiger partial charge in [0.25, 0.3) is 5.91 Å². The van der Waals surface area contributed by atoms with Gasteiger partial charge in [-0.15, -0.1) is 0 Å². The average Bonchev–Trinajstić information content (AvgIpc) is 3.17. The number of anilines is 1. The Balaban J connectivity index is 1.21. The highest BCUT2D eigenvalue weighted by atomic mass is 16.4. The first-order valence-electron chi connectivity index (χ1n) is 13.4. The maximum atomic E-state index is 12.9. The molecule has 2 heterocycles. The lowest BCUT2D eigenvalue weighted by Crippen LogP contribution is -2.64. The highest BCUT2D eigenvalue weighted by Gasteiger charge is 2.48. The maximum absolute atomic E-state index is 12.9. The van der Waals surface area contributed by atoms with E-state index in [1.165, 1.54) is 11.3 Å². The molecule has 2 saturated carbocycles. The third-order valence-electron chi connectivity index (χ3n) is 8.85. The number of carbonyl (C=O) groups is 4. The summed E-state index contributed by atoms with van der Waals surface area (Å²) in [5, 5.41) is 28.7. The van der Waals surface area contributed by atoms with Crippen molar-refractivity contribution in [3.63, 3.8) is 0 Å². The fourth-order valence-electron chi connectivity index (χ4n) is 7.09. The average molecular weight is 513 g/mol. The molecule has 2 aliphatic carbocycles. The smallest absolute Gasteiger partial charge is 0.326 e. The van der Waals surface area contributed by atoms with Crippen molar-refractivity contribution in [2.45, 2.75) is 76.7 Å². The van der Waals surface area contributed by atoms with E-state index in [2.05, 4.69) is 16.0 Å². The van der Waals surface area contributed by atoms with Crippen molar-refractivity contribution >= 4 is 29.4 Å². The van der Waals surface area contributed by atoms with Crippen LogP contribution in [0, 0.1) is 23.7 Å². The molecule has 200 valence electrons. The summed E-state index contributed by atoms with van der Waals surface area (Å²) < 4.78 is 0. The molecule has 0 aromatic heterocycles. The van der Waals surface area contributed by atoms with Crippen LogP contribution in [0.25, 0.3) is 0 Å². The lowest BCUT2D eigenvalue weighted by molar-refractivity contribution is -0.143. The monoisotopic (exact) mass is 512 g/mol. The maximum Gasteiger partial charge on any atom is 0.326 e. The Morgan fingerprint density at radius 2 is 1.95 bits per heavy atom. The molecule has 0 radical (unpaired) electrons. The van der Waals surface area contributed by atoms with Gasteiger partial charge in [0.1, 0.15) is 6.04 Å². The Morgan fingerprint density at radius 1 is 1.16 bits per heavy atom. The van der Waals surface area contributed by atoms with E-state index in [4.69, 9.17) is 5.11 Å². The molecule has 10 nitrogen and oxygen atoms in total. The molecule has 0 spiro atoms. The minimum absolute atomic E-state index is 0.0249. The van der Waals surface area contributed by atoms with Crippen molar-refractivity contribution in [1.82, 2.24) is 15.5 Å². The number of carboxylic acids is 2. The number of fused-ring (bicyclic) bond motifs is 4.